The molecule has 7 heteroatoms. The lowest BCUT2D eigenvalue weighted by Gasteiger charge is -2.01. The molecule has 0 amide bonds. The molecule has 2 aromatic rings. The highest BCUT2D eigenvalue weighted by Crippen LogP contribution is 2.27. The van der Waals surface area contributed by atoms with Gasteiger partial charge in [0.1, 0.15) is 0 Å². The van der Waals surface area contributed by atoms with Crippen molar-refractivity contribution in [2.75, 3.05) is 0 Å². The molecular weight excluding hydrogens is 296 g/mol. The third-order valence-electron chi connectivity index (χ3n) is 2.74. The van der Waals surface area contributed by atoms with E-state index in [9.17, 15) is 20.2 Å². The number of halogens is 1. The van der Waals surface area contributed by atoms with Crippen molar-refractivity contribution >= 4 is 29.1 Å². The van der Waals surface area contributed by atoms with Gasteiger partial charge in [0.25, 0.3) is 11.4 Å². The predicted molar refractivity (Wildman–Crippen MR) is 79.4 cm³/mol. The van der Waals surface area contributed by atoms with E-state index in [2.05, 4.69) is 0 Å². The molecule has 0 saturated carbocycles. The van der Waals surface area contributed by atoms with E-state index in [0.29, 0.717) is 5.56 Å². The first kappa shape index (κ1) is 14.7. The summed E-state index contributed by atoms with van der Waals surface area (Å²) in [5, 5.41) is 22.5. The van der Waals surface area contributed by atoms with Crippen molar-refractivity contribution in [3.63, 3.8) is 0 Å². The van der Waals surface area contributed by atoms with E-state index in [-0.39, 0.29) is 22.0 Å². The highest BCUT2D eigenvalue weighted by molar-refractivity contribution is 6.30. The summed E-state index contributed by atoms with van der Waals surface area (Å²) in [6, 6.07) is 12.1. The molecule has 2 rings (SSSR count). The number of hydrogen-bond donors (Lipinski definition) is 0. The lowest BCUT2D eigenvalue weighted by Crippen LogP contribution is -1.99. The van der Waals surface area contributed by atoms with Crippen molar-refractivity contribution in [1.82, 2.24) is 0 Å². The van der Waals surface area contributed by atoms with Crippen molar-refractivity contribution in [1.29, 1.82) is 0 Å². The summed E-state index contributed by atoms with van der Waals surface area (Å²) in [4.78, 5) is 21.0. The summed E-state index contributed by atoms with van der Waals surface area (Å²) in [6.07, 6.45) is 1.15. The molecule has 0 fully saturated rings. The van der Waals surface area contributed by atoms with Gasteiger partial charge < -0.3 is 0 Å². The zero-order valence-electron chi connectivity index (χ0n) is 10.6. The maximum Gasteiger partial charge on any atom is 0.277 e. The fourth-order valence-corrected chi connectivity index (χ4v) is 1.99. The highest BCUT2D eigenvalue weighted by atomic mass is 35.5. The topological polar surface area (TPSA) is 86.3 Å². The van der Waals surface area contributed by atoms with Crippen LogP contribution in [0.15, 0.2) is 48.5 Å². The summed E-state index contributed by atoms with van der Waals surface area (Å²) in [5.41, 5.74) is -0.0320. The summed E-state index contributed by atoms with van der Waals surface area (Å²) >= 11 is 5.81. The normalized spacial score (nSPS) is 11.2. The van der Waals surface area contributed by atoms with Gasteiger partial charge in [0, 0.05) is 17.2 Å². The van der Waals surface area contributed by atoms with Crippen LogP contribution in [0.4, 0.5) is 5.69 Å². The van der Waals surface area contributed by atoms with E-state index < -0.39 is 9.85 Å². The average molecular weight is 305 g/mol. The van der Waals surface area contributed by atoms with Crippen LogP contribution in [0.3, 0.4) is 0 Å². The van der Waals surface area contributed by atoms with Crippen LogP contribution in [-0.4, -0.2) is 9.85 Å². The van der Waals surface area contributed by atoms with Gasteiger partial charge in [-0.05, 0) is 24.3 Å². The number of nitrogens with zero attached hydrogens (tertiary/aromatic N) is 2. The van der Waals surface area contributed by atoms with Crippen molar-refractivity contribution < 1.29 is 9.85 Å². The Morgan fingerprint density at radius 2 is 1.71 bits per heavy atom. The largest absolute Gasteiger partial charge is 0.277 e. The number of hydrogen-bond acceptors (Lipinski definition) is 4. The zero-order valence-corrected chi connectivity index (χ0v) is 11.4. The minimum atomic E-state index is -0.606. The van der Waals surface area contributed by atoms with Gasteiger partial charge in [-0.2, -0.15) is 0 Å². The fraction of sp³-hybridized carbons (Fsp3) is 0. The molecule has 0 bridgehead atoms. The van der Waals surface area contributed by atoms with Crippen LogP contribution >= 0.6 is 11.6 Å². The maximum absolute atomic E-state index is 11.2. The van der Waals surface area contributed by atoms with Gasteiger partial charge in [0.15, 0.2) is 0 Å². The Hall–Kier alpha value is -2.73. The van der Waals surface area contributed by atoms with E-state index in [4.69, 9.17) is 11.6 Å². The SMILES string of the molecule is O=[N+]([O-])/C(=C/c1cc(Cl)ccc1[N+](=O)[O-])c1ccccc1. The monoisotopic (exact) mass is 304 g/mol. The molecule has 0 unspecified atom stereocenters. The smallest absolute Gasteiger partial charge is 0.258 e. The standard InChI is InChI=1S/C14H9ClN2O4/c15-12-6-7-13(16(18)19)11(8-12)9-14(17(20)21)10-4-2-1-3-5-10/h1-9H/b14-9+. The molecule has 0 spiro atoms. The van der Waals surface area contributed by atoms with Gasteiger partial charge in [-0.1, -0.05) is 29.8 Å². The molecule has 0 aliphatic carbocycles. The van der Waals surface area contributed by atoms with E-state index >= 15 is 0 Å². The van der Waals surface area contributed by atoms with E-state index in [1.807, 2.05) is 0 Å². The lowest BCUT2D eigenvalue weighted by atomic mass is 10.1. The molecule has 0 aromatic heterocycles. The van der Waals surface area contributed by atoms with Crippen LogP contribution in [-0.2, 0) is 0 Å². The van der Waals surface area contributed by atoms with Gasteiger partial charge in [0.05, 0.1) is 21.0 Å². The highest BCUT2D eigenvalue weighted by Gasteiger charge is 2.19. The first-order valence-corrected chi connectivity index (χ1v) is 6.22. The Kier molecular flexibility index (Phi) is 4.30. The molecule has 0 radical (unpaired) electrons. The van der Waals surface area contributed by atoms with Crippen LogP contribution < -0.4 is 0 Å². The summed E-state index contributed by atoms with van der Waals surface area (Å²) in [5.74, 6) is 0. The fourth-order valence-electron chi connectivity index (χ4n) is 1.80. The van der Waals surface area contributed by atoms with Gasteiger partial charge in [0.2, 0.25) is 0 Å². The van der Waals surface area contributed by atoms with Gasteiger partial charge in [-0.3, -0.25) is 20.2 Å². The summed E-state index contributed by atoms with van der Waals surface area (Å²) < 4.78 is 0. The van der Waals surface area contributed by atoms with E-state index in [1.165, 1.54) is 18.2 Å². The first-order valence-electron chi connectivity index (χ1n) is 5.84. The molecular formula is C14H9ClN2O4. The Balaban J connectivity index is 2.61. The summed E-state index contributed by atoms with van der Waals surface area (Å²) in [6.45, 7) is 0. The minimum Gasteiger partial charge on any atom is -0.258 e. The van der Waals surface area contributed by atoms with Crippen LogP contribution in [0.2, 0.25) is 5.02 Å². The Morgan fingerprint density at radius 3 is 2.29 bits per heavy atom. The second kappa shape index (κ2) is 6.15. The van der Waals surface area contributed by atoms with Crippen molar-refractivity contribution in [3.05, 3.63) is 84.9 Å². The van der Waals surface area contributed by atoms with Gasteiger partial charge in [-0.25, -0.2) is 0 Å². The van der Waals surface area contributed by atoms with Crippen molar-refractivity contribution in [3.8, 4) is 0 Å². The molecule has 6 nitrogen and oxygen atoms in total. The number of rotatable bonds is 4. The minimum absolute atomic E-state index is 0.0862. The molecule has 0 aliphatic rings. The molecule has 21 heavy (non-hydrogen) atoms. The molecule has 2 aromatic carbocycles. The maximum atomic E-state index is 11.2. The second-order valence-corrected chi connectivity index (χ2v) is 4.55. The lowest BCUT2D eigenvalue weighted by molar-refractivity contribution is -0.385. The number of nitro benzene ring substituents is 1. The number of benzene rings is 2. The Morgan fingerprint density at radius 1 is 1.05 bits per heavy atom. The Bertz CT molecular complexity index is 729. The quantitative estimate of drug-likeness (QED) is 0.485. The van der Waals surface area contributed by atoms with Gasteiger partial charge in [-0.15, -0.1) is 0 Å². The average Bonchev–Trinajstić information content (AvgIpc) is 2.45. The number of nitro groups is 2. The van der Waals surface area contributed by atoms with E-state index in [0.717, 1.165) is 6.08 Å². The summed E-state index contributed by atoms with van der Waals surface area (Å²) in [7, 11) is 0. The van der Waals surface area contributed by atoms with Gasteiger partial charge >= 0.3 is 0 Å². The molecule has 0 aliphatic heterocycles. The van der Waals surface area contributed by atoms with Crippen molar-refractivity contribution in [2.24, 2.45) is 0 Å². The molecule has 0 atom stereocenters. The van der Waals surface area contributed by atoms with Crippen LogP contribution in [0.25, 0.3) is 11.8 Å². The molecule has 0 N–H and O–H groups in total. The van der Waals surface area contributed by atoms with Crippen LogP contribution in [0.1, 0.15) is 11.1 Å². The molecule has 0 saturated heterocycles. The van der Waals surface area contributed by atoms with E-state index in [1.54, 1.807) is 30.3 Å². The van der Waals surface area contributed by atoms with Crippen LogP contribution in [0, 0.1) is 20.2 Å². The molecule has 0 heterocycles. The second-order valence-electron chi connectivity index (χ2n) is 4.11. The first-order chi connectivity index (χ1) is 9.99. The van der Waals surface area contributed by atoms with Crippen molar-refractivity contribution in [2.45, 2.75) is 0 Å². The zero-order chi connectivity index (χ0) is 15.4. The third kappa shape index (κ3) is 3.43. The Labute approximate surface area is 124 Å². The molecule has 106 valence electrons. The third-order valence-corrected chi connectivity index (χ3v) is 2.98. The predicted octanol–water partition coefficient (Wildman–Crippen LogP) is 4.02. The van der Waals surface area contributed by atoms with Crippen LogP contribution in [0.5, 0.6) is 0 Å².